The first-order valence-electron chi connectivity index (χ1n) is 8.19. The quantitative estimate of drug-likeness (QED) is 0.407. The lowest BCUT2D eigenvalue weighted by molar-refractivity contribution is -0.153. The van der Waals surface area contributed by atoms with Gasteiger partial charge in [0.25, 0.3) is 6.47 Å². The van der Waals surface area contributed by atoms with E-state index in [1.807, 2.05) is 13.8 Å². The van der Waals surface area contributed by atoms with Gasteiger partial charge in [-0.25, -0.2) is 0 Å². The maximum Gasteiger partial charge on any atom is 0.293 e. The first-order chi connectivity index (χ1) is 10.8. The molecule has 3 N–H and O–H groups in total. The normalized spacial score (nSPS) is 31.3. The Morgan fingerprint density at radius 1 is 1.39 bits per heavy atom. The molecule has 0 aromatic carbocycles. The summed E-state index contributed by atoms with van der Waals surface area (Å²) in [5.74, 6) is -0.826. The molecular formula is C16H28ClNO5. The van der Waals surface area contributed by atoms with Crippen LogP contribution in [0.2, 0.25) is 0 Å². The molecule has 0 aliphatic carbocycles. The molecule has 1 rings (SSSR count). The molecule has 6 atom stereocenters. The van der Waals surface area contributed by atoms with Crippen molar-refractivity contribution in [3.63, 3.8) is 0 Å². The molecule has 0 radical (unpaired) electrons. The van der Waals surface area contributed by atoms with Crippen molar-refractivity contribution in [2.24, 2.45) is 11.8 Å². The van der Waals surface area contributed by atoms with Crippen molar-refractivity contribution in [2.45, 2.75) is 70.3 Å². The van der Waals surface area contributed by atoms with Crippen LogP contribution in [0, 0.1) is 11.8 Å². The predicted octanol–water partition coefficient (Wildman–Crippen LogP) is 1.21. The van der Waals surface area contributed by atoms with Gasteiger partial charge in [-0.2, -0.15) is 0 Å². The molecule has 0 bridgehead atoms. The molecule has 1 saturated heterocycles. The second-order valence-electron chi connectivity index (χ2n) is 6.37. The summed E-state index contributed by atoms with van der Waals surface area (Å²) in [5.41, 5.74) is -1.16. The van der Waals surface area contributed by atoms with Gasteiger partial charge in [0.05, 0.1) is 24.2 Å². The van der Waals surface area contributed by atoms with Crippen LogP contribution in [0.25, 0.3) is 0 Å². The molecule has 1 unspecified atom stereocenters. The number of amides is 1. The number of halogens is 1. The summed E-state index contributed by atoms with van der Waals surface area (Å²) in [6.45, 7) is 5.74. The van der Waals surface area contributed by atoms with Crippen LogP contribution in [0.5, 0.6) is 0 Å². The Balaban J connectivity index is 3.02. The van der Waals surface area contributed by atoms with Gasteiger partial charge in [0.15, 0.2) is 0 Å². The third-order valence-electron chi connectivity index (χ3n) is 5.02. The van der Waals surface area contributed by atoms with E-state index in [9.17, 15) is 19.8 Å². The highest BCUT2D eigenvalue weighted by Gasteiger charge is 2.56. The van der Waals surface area contributed by atoms with Gasteiger partial charge in [0.2, 0.25) is 5.91 Å². The SMILES string of the molecule is CCC(O)C[C@H](CC)[C@H](O)[C@H]1NC(=O)[C@H](CCCl)[C@]1(C)OC=O. The summed E-state index contributed by atoms with van der Waals surface area (Å²) < 4.78 is 5.24. The lowest BCUT2D eigenvalue weighted by Crippen LogP contribution is -2.54. The van der Waals surface area contributed by atoms with Crippen LogP contribution < -0.4 is 5.32 Å². The molecule has 6 nitrogen and oxygen atoms in total. The number of carbonyl (C=O) groups excluding carboxylic acids is 2. The Morgan fingerprint density at radius 2 is 2.04 bits per heavy atom. The second-order valence-corrected chi connectivity index (χ2v) is 6.75. The van der Waals surface area contributed by atoms with Gasteiger partial charge < -0.3 is 20.3 Å². The summed E-state index contributed by atoms with van der Waals surface area (Å²) in [4.78, 5) is 23.2. The number of hydrogen-bond acceptors (Lipinski definition) is 5. The third kappa shape index (κ3) is 4.37. The highest BCUT2D eigenvalue weighted by Crippen LogP contribution is 2.38. The minimum atomic E-state index is -1.16. The molecule has 0 saturated carbocycles. The van der Waals surface area contributed by atoms with Crippen LogP contribution in [-0.2, 0) is 14.3 Å². The average molecular weight is 350 g/mol. The van der Waals surface area contributed by atoms with Crippen molar-refractivity contribution in [3.05, 3.63) is 0 Å². The van der Waals surface area contributed by atoms with Crippen molar-refractivity contribution >= 4 is 24.0 Å². The number of alkyl halides is 1. The summed E-state index contributed by atoms with van der Waals surface area (Å²) in [7, 11) is 0. The molecule has 1 aliphatic heterocycles. The number of aliphatic hydroxyl groups is 2. The fraction of sp³-hybridized carbons (Fsp3) is 0.875. The largest absolute Gasteiger partial charge is 0.458 e. The van der Waals surface area contributed by atoms with Gasteiger partial charge >= 0.3 is 0 Å². The second kappa shape index (κ2) is 8.85. The van der Waals surface area contributed by atoms with Crippen LogP contribution in [0.4, 0.5) is 0 Å². The maximum atomic E-state index is 12.2. The topological polar surface area (TPSA) is 95.9 Å². The Labute approximate surface area is 142 Å². The summed E-state index contributed by atoms with van der Waals surface area (Å²) in [6, 6.07) is -0.720. The molecule has 1 fully saturated rings. The molecule has 0 aromatic rings. The van der Waals surface area contributed by atoms with E-state index in [0.29, 0.717) is 32.2 Å². The molecule has 1 amide bonds. The lowest BCUT2D eigenvalue weighted by atomic mass is 9.78. The number of carbonyl (C=O) groups is 2. The summed E-state index contributed by atoms with van der Waals surface area (Å²) in [6.07, 6.45) is 0.589. The highest BCUT2D eigenvalue weighted by atomic mass is 35.5. The number of ether oxygens (including phenoxy) is 1. The van der Waals surface area contributed by atoms with Crippen LogP contribution in [0.15, 0.2) is 0 Å². The first kappa shape index (κ1) is 20.2. The monoisotopic (exact) mass is 349 g/mol. The smallest absolute Gasteiger partial charge is 0.293 e. The van der Waals surface area contributed by atoms with Gasteiger partial charge in [-0.3, -0.25) is 9.59 Å². The zero-order chi connectivity index (χ0) is 17.6. The molecular weight excluding hydrogens is 322 g/mol. The summed E-state index contributed by atoms with van der Waals surface area (Å²) in [5, 5.41) is 23.4. The lowest BCUT2D eigenvalue weighted by Gasteiger charge is -2.38. The minimum Gasteiger partial charge on any atom is -0.458 e. The van der Waals surface area contributed by atoms with Crippen molar-refractivity contribution in [1.82, 2.24) is 5.32 Å². The van der Waals surface area contributed by atoms with Gasteiger partial charge in [0.1, 0.15) is 5.60 Å². The van der Waals surface area contributed by atoms with Crippen LogP contribution >= 0.6 is 11.6 Å². The van der Waals surface area contributed by atoms with E-state index in [-0.39, 0.29) is 17.7 Å². The average Bonchev–Trinajstić information content (AvgIpc) is 2.77. The fourth-order valence-electron chi connectivity index (χ4n) is 3.42. The zero-order valence-electron chi connectivity index (χ0n) is 14.0. The molecule has 7 heteroatoms. The van der Waals surface area contributed by atoms with Crippen molar-refractivity contribution < 1.29 is 24.5 Å². The van der Waals surface area contributed by atoms with E-state index < -0.39 is 29.8 Å². The number of aliphatic hydroxyl groups excluding tert-OH is 2. The van der Waals surface area contributed by atoms with Gasteiger partial charge in [-0.05, 0) is 32.1 Å². The molecule has 1 aliphatic rings. The van der Waals surface area contributed by atoms with Gasteiger partial charge in [0, 0.05) is 5.88 Å². The van der Waals surface area contributed by atoms with Crippen molar-refractivity contribution in [3.8, 4) is 0 Å². The predicted molar refractivity (Wildman–Crippen MR) is 87.0 cm³/mol. The molecule has 0 spiro atoms. The standard InChI is InChI=1S/C16H28ClNO5/c1-4-10(8-11(20)5-2)13(21)14-16(3,23-9-19)12(6-7-17)15(22)18-14/h9-14,20-21H,4-8H2,1-3H3,(H,18,22)/t10-,11?,12-,13-,14+,16-/m0/s1. The molecule has 1 heterocycles. The van der Waals surface area contributed by atoms with Gasteiger partial charge in [-0.15, -0.1) is 11.6 Å². The van der Waals surface area contributed by atoms with Gasteiger partial charge in [-0.1, -0.05) is 20.3 Å². The Bertz CT molecular complexity index is 408. The highest BCUT2D eigenvalue weighted by molar-refractivity contribution is 6.18. The molecule has 23 heavy (non-hydrogen) atoms. The number of hydrogen-bond donors (Lipinski definition) is 3. The first-order valence-corrected chi connectivity index (χ1v) is 8.72. The molecule has 0 aromatic heterocycles. The van der Waals surface area contributed by atoms with E-state index in [4.69, 9.17) is 16.3 Å². The van der Waals surface area contributed by atoms with E-state index in [1.165, 1.54) is 0 Å². The maximum absolute atomic E-state index is 12.2. The summed E-state index contributed by atoms with van der Waals surface area (Å²) >= 11 is 5.76. The minimum absolute atomic E-state index is 0.209. The van der Waals surface area contributed by atoms with Crippen molar-refractivity contribution in [1.29, 1.82) is 0 Å². The Hall–Kier alpha value is -0.850. The van der Waals surface area contributed by atoms with Crippen molar-refractivity contribution in [2.75, 3.05) is 5.88 Å². The van der Waals surface area contributed by atoms with E-state index in [0.717, 1.165) is 0 Å². The number of nitrogens with one attached hydrogen (secondary N) is 1. The van der Waals surface area contributed by atoms with Crippen LogP contribution in [0.3, 0.4) is 0 Å². The van der Waals surface area contributed by atoms with Crippen LogP contribution in [0.1, 0.15) is 46.5 Å². The third-order valence-corrected chi connectivity index (χ3v) is 5.24. The number of rotatable bonds is 10. The van der Waals surface area contributed by atoms with E-state index in [2.05, 4.69) is 5.32 Å². The van der Waals surface area contributed by atoms with E-state index in [1.54, 1.807) is 6.92 Å². The fourth-order valence-corrected chi connectivity index (χ4v) is 3.64. The molecule has 134 valence electrons. The van der Waals surface area contributed by atoms with Crippen LogP contribution in [-0.4, -0.2) is 52.3 Å². The Kier molecular flexibility index (Phi) is 7.77. The Morgan fingerprint density at radius 3 is 2.52 bits per heavy atom. The van der Waals surface area contributed by atoms with E-state index >= 15 is 0 Å². The zero-order valence-corrected chi connectivity index (χ0v) is 14.8.